The molecule has 1 saturated heterocycles. The van der Waals surface area contributed by atoms with Gasteiger partial charge in [-0.2, -0.15) is 0 Å². The Bertz CT molecular complexity index is 470. The van der Waals surface area contributed by atoms with Gasteiger partial charge in [-0.15, -0.1) is 0 Å². The number of rotatable bonds is 4. The summed E-state index contributed by atoms with van der Waals surface area (Å²) in [5, 5.41) is 0. The largest absolute Gasteiger partial charge is 0.483 e. The summed E-state index contributed by atoms with van der Waals surface area (Å²) in [7, 11) is 0. The quantitative estimate of drug-likeness (QED) is 0.845. The van der Waals surface area contributed by atoms with E-state index in [-0.39, 0.29) is 12.5 Å². The van der Waals surface area contributed by atoms with Crippen molar-refractivity contribution in [3.63, 3.8) is 0 Å². The van der Waals surface area contributed by atoms with Gasteiger partial charge in [-0.1, -0.05) is 19.9 Å². The van der Waals surface area contributed by atoms with Crippen molar-refractivity contribution in [3.8, 4) is 5.75 Å². The summed E-state index contributed by atoms with van der Waals surface area (Å²) >= 11 is 3.49. The third-order valence-corrected chi connectivity index (χ3v) is 3.96. The monoisotopic (exact) mass is 341 g/mol. The van der Waals surface area contributed by atoms with Crippen LogP contribution in [0.25, 0.3) is 0 Å². The van der Waals surface area contributed by atoms with Gasteiger partial charge in [-0.25, -0.2) is 0 Å². The van der Waals surface area contributed by atoms with E-state index >= 15 is 0 Å². The molecule has 0 N–H and O–H groups in total. The van der Waals surface area contributed by atoms with E-state index in [4.69, 9.17) is 9.47 Å². The summed E-state index contributed by atoms with van der Waals surface area (Å²) in [6.45, 7) is 6.87. The highest BCUT2D eigenvalue weighted by Crippen LogP contribution is 2.28. The molecule has 0 bridgehead atoms. The first-order valence-corrected chi connectivity index (χ1v) is 7.65. The number of carbonyl (C=O) groups excluding carboxylic acids is 1. The maximum Gasteiger partial charge on any atom is 0.260 e. The van der Waals surface area contributed by atoms with Crippen molar-refractivity contribution in [1.82, 2.24) is 4.90 Å². The lowest BCUT2D eigenvalue weighted by atomic mass is 10.0. The van der Waals surface area contributed by atoms with Crippen LogP contribution in [-0.4, -0.2) is 43.7 Å². The number of carbonyl (C=O) groups is 1. The summed E-state index contributed by atoms with van der Waals surface area (Å²) in [5.41, 5.74) is 1.24. The molecule has 0 radical (unpaired) electrons. The van der Waals surface area contributed by atoms with Gasteiger partial charge in [-0.3, -0.25) is 4.79 Å². The summed E-state index contributed by atoms with van der Waals surface area (Å²) in [4.78, 5) is 13.8. The molecule has 2 rings (SSSR count). The van der Waals surface area contributed by atoms with Crippen molar-refractivity contribution < 1.29 is 14.3 Å². The summed E-state index contributed by atoms with van der Waals surface area (Å²) in [5.74, 6) is 1.18. The maximum absolute atomic E-state index is 12.0. The molecule has 0 spiro atoms. The number of morpholine rings is 1. The number of benzene rings is 1. The summed E-state index contributed by atoms with van der Waals surface area (Å²) < 4.78 is 11.7. The molecule has 0 atom stereocenters. The van der Waals surface area contributed by atoms with Crippen LogP contribution >= 0.6 is 15.9 Å². The Morgan fingerprint density at radius 2 is 2.10 bits per heavy atom. The Morgan fingerprint density at radius 1 is 1.40 bits per heavy atom. The Kier molecular flexibility index (Phi) is 5.43. The third-order valence-electron chi connectivity index (χ3n) is 3.34. The fourth-order valence-electron chi connectivity index (χ4n) is 2.04. The van der Waals surface area contributed by atoms with E-state index < -0.39 is 0 Å². The van der Waals surface area contributed by atoms with Gasteiger partial charge in [0.2, 0.25) is 0 Å². The summed E-state index contributed by atoms with van der Waals surface area (Å²) in [6, 6.07) is 5.98. The second-order valence-electron chi connectivity index (χ2n) is 5.13. The predicted molar refractivity (Wildman–Crippen MR) is 81.1 cm³/mol. The van der Waals surface area contributed by atoms with Crippen molar-refractivity contribution in [1.29, 1.82) is 0 Å². The fraction of sp³-hybridized carbons (Fsp3) is 0.533. The van der Waals surface area contributed by atoms with Gasteiger partial charge >= 0.3 is 0 Å². The van der Waals surface area contributed by atoms with Gasteiger partial charge in [0.1, 0.15) is 5.75 Å². The van der Waals surface area contributed by atoms with Crippen LogP contribution in [0.15, 0.2) is 22.7 Å². The molecule has 20 heavy (non-hydrogen) atoms. The number of ether oxygens (including phenoxy) is 2. The van der Waals surface area contributed by atoms with Gasteiger partial charge in [0.25, 0.3) is 5.91 Å². The van der Waals surface area contributed by atoms with Crippen molar-refractivity contribution in [3.05, 3.63) is 28.2 Å². The zero-order valence-corrected chi connectivity index (χ0v) is 13.5. The minimum atomic E-state index is 0.00753. The smallest absolute Gasteiger partial charge is 0.260 e. The van der Waals surface area contributed by atoms with E-state index in [1.54, 1.807) is 4.90 Å². The molecular weight excluding hydrogens is 322 g/mol. The normalized spacial score (nSPS) is 15.5. The number of hydrogen-bond donors (Lipinski definition) is 0. The Labute approximate surface area is 128 Å². The predicted octanol–water partition coefficient (Wildman–Crippen LogP) is 2.81. The third kappa shape index (κ3) is 3.96. The molecule has 0 aliphatic carbocycles. The first-order chi connectivity index (χ1) is 9.58. The second-order valence-corrected chi connectivity index (χ2v) is 5.98. The van der Waals surface area contributed by atoms with E-state index in [1.165, 1.54) is 5.56 Å². The lowest BCUT2D eigenvalue weighted by molar-refractivity contribution is -0.137. The number of nitrogens with zero attached hydrogens (tertiary/aromatic N) is 1. The molecule has 1 amide bonds. The molecule has 0 unspecified atom stereocenters. The molecule has 1 aliphatic heterocycles. The molecule has 1 aromatic rings. The van der Waals surface area contributed by atoms with Gasteiger partial charge in [0.05, 0.1) is 17.7 Å². The van der Waals surface area contributed by atoms with Crippen molar-refractivity contribution in [2.45, 2.75) is 19.8 Å². The molecule has 110 valence electrons. The minimum Gasteiger partial charge on any atom is -0.483 e. The highest BCUT2D eigenvalue weighted by atomic mass is 79.9. The van der Waals surface area contributed by atoms with Crippen molar-refractivity contribution in [2.24, 2.45) is 0 Å². The van der Waals surface area contributed by atoms with Gasteiger partial charge in [0.15, 0.2) is 6.61 Å². The Morgan fingerprint density at radius 3 is 2.70 bits per heavy atom. The lowest BCUT2D eigenvalue weighted by Crippen LogP contribution is -2.43. The van der Waals surface area contributed by atoms with Gasteiger partial charge < -0.3 is 14.4 Å². The van der Waals surface area contributed by atoms with Crippen LogP contribution in [-0.2, 0) is 9.53 Å². The zero-order chi connectivity index (χ0) is 14.5. The molecule has 1 heterocycles. The van der Waals surface area contributed by atoms with E-state index in [1.807, 2.05) is 18.2 Å². The Hall–Kier alpha value is -1.07. The number of amides is 1. The van der Waals surface area contributed by atoms with Crippen LogP contribution in [0.1, 0.15) is 25.3 Å². The fourth-order valence-corrected chi connectivity index (χ4v) is 2.55. The molecule has 1 aromatic carbocycles. The van der Waals surface area contributed by atoms with E-state index in [0.717, 1.165) is 4.47 Å². The van der Waals surface area contributed by atoms with Crippen molar-refractivity contribution in [2.75, 3.05) is 32.9 Å². The minimum absolute atomic E-state index is 0.00753. The molecule has 5 heteroatoms. The second kappa shape index (κ2) is 7.09. The standard InChI is InChI=1S/C15H20BrNO3/c1-11(2)12-3-4-14(13(16)9-12)20-10-15(18)17-5-7-19-8-6-17/h3-4,9,11H,5-8,10H2,1-2H3. The molecule has 1 fully saturated rings. The zero-order valence-electron chi connectivity index (χ0n) is 11.9. The Balaban J connectivity index is 1.91. The molecule has 1 aliphatic rings. The van der Waals surface area contributed by atoms with Crippen LogP contribution in [0, 0.1) is 0 Å². The van der Waals surface area contributed by atoms with Crippen LogP contribution in [0.5, 0.6) is 5.75 Å². The molecule has 0 saturated carbocycles. The number of halogens is 1. The van der Waals surface area contributed by atoms with Crippen LogP contribution in [0.2, 0.25) is 0 Å². The average molecular weight is 342 g/mol. The SMILES string of the molecule is CC(C)c1ccc(OCC(=O)N2CCOCC2)c(Br)c1. The van der Waals surface area contributed by atoms with E-state index in [9.17, 15) is 4.79 Å². The topological polar surface area (TPSA) is 38.8 Å². The molecule has 4 nitrogen and oxygen atoms in total. The molecular formula is C15H20BrNO3. The average Bonchev–Trinajstić information content (AvgIpc) is 2.46. The first kappa shape index (κ1) is 15.3. The highest BCUT2D eigenvalue weighted by molar-refractivity contribution is 9.10. The van der Waals surface area contributed by atoms with Gasteiger partial charge in [-0.05, 0) is 39.5 Å². The van der Waals surface area contributed by atoms with Crippen molar-refractivity contribution >= 4 is 21.8 Å². The van der Waals surface area contributed by atoms with E-state index in [2.05, 4.69) is 29.8 Å². The maximum atomic E-state index is 12.0. The lowest BCUT2D eigenvalue weighted by Gasteiger charge is -2.26. The highest BCUT2D eigenvalue weighted by Gasteiger charge is 2.17. The first-order valence-electron chi connectivity index (χ1n) is 6.85. The van der Waals surface area contributed by atoms with Crippen LogP contribution in [0.4, 0.5) is 0 Å². The van der Waals surface area contributed by atoms with Crippen LogP contribution in [0.3, 0.4) is 0 Å². The van der Waals surface area contributed by atoms with E-state index in [0.29, 0.717) is 38.0 Å². The number of hydrogen-bond acceptors (Lipinski definition) is 3. The summed E-state index contributed by atoms with van der Waals surface area (Å²) in [6.07, 6.45) is 0. The van der Waals surface area contributed by atoms with Crippen LogP contribution < -0.4 is 4.74 Å². The molecule has 0 aromatic heterocycles. The van der Waals surface area contributed by atoms with Gasteiger partial charge in [0, 0.05) is 13.1 Å².